The Balaban J connectivity index is 1.64. The Kier molecular flexibility index (Phi) is 8.21. The van der Waals surface area contributed by atoms with E-state index in [0.29, 0.717) is 29.5 Å². The van der Waals surface area contributed by atoms with Gasteiger partial charge in [0.1, 0.15) is 12.4 Å². The summed E-state index contributed by atoms with van der Waals surface area (Å²) in [7, 11) is 2.13. The van der Waals surface area contributed by atoms with Crippen LogP contribution in [-0.4, -0.2) is 36.9 Å². The number of hydrogen-bond donors (Lipinski definition) is 1. The summed E-state index contributed by atoms with van der Waals surface area (Å²) in [6.45, 7) is 4.30. The quantitative estimate of drug-likeness (QED) is 0.395. The Morgan fingerprint density at radius 2 is 1.74 bits per heavy atom. The van der Waals surface area contributed by atoms with Gasteiger partial charge < -0.3 is 18.8 Å². The summed E-state index contributed by atoms with van der Waals surface area (Å²) in [6.07, 6.45) is 2.09. The minimum Gasteiger partial charge on any atom is -0.488 e. The number of halogens is 1. The largest absolute Gasteiger partial charge is 0.488 e. The lowest BCUT2D eigenvalue weighted by Crippen LogP contribution is -2.29. The molecule has 182 valence electrons. The van der Waals surface area contributed by atoms with E-state index in [2.05, 4.69) is 39.6 Å². The lowest BCUT2D eigenvalue weighted by Gasteiger charge is -2.29. The molecule has 1 saturated heterocycles. The molecule has 0 spiro atoms. The zero-order chi connectivity index (χ0) is 24.8. The summed E-state index contributed by atoms with van der Waals surface area (Å²) in [5.41, 5.74) is 4.14. The van der Waals surface area contributed by atoms with E-state index in [-0.39, 0.29) is 11.5 Å². The SMILES string of the molecule is Cc1ccc(C(=O)OBr)c(NC(=O)c2cc(C3CCN(C)CC3)ccc2OCc2ccccc2)c1. The average molecular weight is 537 g/mol. The second-order valence-corrected chi connectivity index (χ2v) is 9.30. The molecule has 35 heavy (non-hydrogen) atoms. The molecule has 3 aromatic rings. The predicted octanol–water partition coefficient (Wildman–Crippen LogP) is 6.10. The van der Waals surface area contributed by atoms with Crippen LogP contribution in [0.2, 0.25) is 0 Å². The maximum absolute atomic E-state index is 13.5. The van der Waals surface area contributed by atoms with Gasteiger partial charge in [0.2, 0.25) is 0 Å². The first-order valence-electron chi connectivity index (χ1n) is 11.7. The van der Waals surface area contributed by atoms with Crippen molar-refractivity contribution < 1.29 is 18.2 Å². The third kappa shape index (κ3) is 6.29. The smallest absolute Gasteiger partial charge is 0.351 e. The van der Waals surface area contributed by atoms with Gasteiger partial charge in [0.15, 0.2) is 16.3 Å². The van der Waals surface area contributed by atoms with Gasteiger partial charge >= 0.3 is 5.97 Å². The van der Waals surface area contributed by atoms with Crippen LogP contribution in [0.4, 0.5) is 5.69 Å². The number of amides is 1. The molecule has 3 aromatic carbocycles. The summed E-state index contributed by atoms with van der Waals surface area (Å²) in [5, 5.41) is 2.91. The number of carbonyl (C=O) groups is 2. The van der Waals surface area contributed by atoms with Gasteiger partial charge in [-0.05, 0) is 86.8 Å². The molecule has 1 aliphatic heterocycles. The van der Waals surface area contributed by atoms with Gasteiger partial charge in [-0.3, -0.25) is 4.79 Å². The highest BCUT2D eigenvalue weighted by molar-refractivity contribution is 9.06. The Bertz CT molecular complexity index is 1190. The van der Waals surface area contributed by atoms with Crippen molar-refractivity contribution in [3.8, 4) is 5.75 Å². The molecule has 0 aromatic heterocycles. The number of likely N-dealkylation sites (tertiary alicyclic amines) is 1. The Hall–Kier alpha value is -3.16. The first-order chi connectivity index (χ1) is 16.9. The number of aryl methyl sites for hydroxylation is 1. The third-order valence-corrected chi connectivity index (χ3v) is 6.68. The van der Waals surface area contributed by atoms with Crippen LogP contribution in [0.15, 0.2) is 66.7 Å². The van der Waals surface area contributed by atoms with Crippen molar-refractivity contribution in [3.63, 3.8) is 0 Å². The van der Waals surface area contributed by atoms with Gasteiger partial charge in [0.25, 0.3) is 5.91 Å². The number of carbonyl (C=O) groups excluding carboxylic acids is 2. The van der Waals surface area contributed by atoms with Crippen molar-refractivity contribution in [1.29, 1.82) is 0 Å². The van der Waals surface area contributed by atoms with Crippen LogP contribution in [0.3, 0.4) is 0 Å². The number of piperidine rings is 1. The van der Waals surface area contributed by atoms with Crippen LogP contribution in [0.5, 0.6) is 5.75 Å². The fourth-order valence-corrected chi connectivity index (χ4v) is 4.53. The molecule has 0 aliphatic carbocycles. The van der Waals surface area contributed by atoms with Crippen LogP contribution in [0, 0.1) is 6.92 Å². The Morgan fingerprint density at radius 1 is 1.00 bits per heavy atom. The highest BCUT2D eigenvalue weighted by atomic mass is 79.9. The number of anilines is 1. The second-order valence-electron chi connectivity index (χ2n) is 8.98. The van der Waals surface area contributed by atoms with E-state index in [4.69, 9.17) is 8.57 Å². The molecule has 0 bridgehead atoms. The summed E-state index contributed by atoms with van der Waals surface area (Å²) in [5.74, 6) is -0.0304. The molecule has 0 atom stereocenters. The number of nitrogens with one attached hydrogen (secondary N) is 1. The van der Waals surface area contributed by atoms with Gasteiger partial charge in [0.05, 0.1) is 16.8 Å². The number of nitrogens with zero attached hydrogens (tertiary/aromatic N) is 1. The fourth-order valence-electron chi connectivity index (χ4n) is 4.35. The third-order valence-electron chi connectivity index (χ3n) is 6.39. The van der Waals surface area contributed by atoms with Gasteiger partial charge in [0, 0.05) is 0 Å². The van der Waals surface area contributed by atoms with Crippen molar-refractivity contribution in [2.45, 2.75) is 32.3 Å². The first kappa shape index (κ1) is 24.9. The lowest BCUT2D eigenvalue weighted by molar-refractivity contribution is 0.0783. The van der Waals surface area contributed by atoms with Crippen molar-refractivity contribution >= 4 is 33.8 Å². The number of benzene rings is 3. The first-order valence-corrected chi connectivity index (χ1v) is 12.3. The number of rotatable bonds is 7. The van der Waals surface area contributed by atoms with Crippen LogP contribution in [-0.2, 0) is 10.4 Å². The van der Waals surface area contributed by atoms with Crippen molar-refractivity contribution in [1.82, 2.24) is 4.90 Å². The maximum Gasteiger partial charge on any atom is 0.351 e. The molecule has 6 nitrogen and oxygen atoms in total. The number of hydrogen-bond acceptors (Lipinski definition) is 5. The maximum atomic E-state index is 13.5. The molecule has 1 fully saturated rings. The molecule has 7 heteroatoms. The topological polar surface area (TPSA) is 67.9 Å². The molecule has 1 heterocycles. The standard InChI is InChI=1S/C28H29BrN2O4/c1-19-8-10-23(28(33)35-29)25(16-19)30-27(32)24-17-22(21-12-14-31(2)15-13-21)9-11-26(24)34-18-20-6-4-3-5-7-20/h3-11,16-17,21H,12-15,18H2,1-2H3,(H,30,32). The normalized spacial score (nSPS) is 14.4. The summed E-state index contributed by atoms with van der Waals surface area (Å²) in [6, 6.07) is 20.9. The molecule has 0 unspecified atom stereocenters. The van der Waals surface area contributed by atoms with Crippen molar-refractivity contribution in [2.75, 3.05) is 25.5 Å². The summed E-state index contributed by atoms with van der Waals surface area (Å²) in [4.78, 5) is 28.1. The molecule has 0 radical (unpaired) electrons. The van der Waals surface area contributed by atoms with Gasteiger partial charge in [-0.1, -0.05) is 42.5 Å². The predicted molar refractivity (Wildman–Crippen MR) is 140 cm³/mol. The molecule has 1 N–H and O–H groups in total. The lowest BCUT2D eigenvalue weighted by atomic mass is 9.88. The summed E-state index contributed by atoms with van der Waals surface area (Å²) >= 11 is 2.74. The average Bonchev–Trinajstić information content (AvgIpc) is 2.88. The van der Waals surface area contributed by atoms with E-state index in [1.54, 1.807) is 18.2 Å². The molecular formula is C28H29BrN2O4. The molecule has 4 rings (SSSR count). The van der Waals surface area contributed by atoms with E-state index >= 15 is 0 Å². The van der Waals surface area contributed by atoms with E-state index in [1.807, 2.05) is 49.4 Å². The molecule has 1 amide bonds. The highest BCUT2D eigenvalue weighted by Crippen LogP contribution is 2.32. The van der Waals surface area contributed by atoms with E-state index in [9.17, 15) is 9.59 Å². The minimum absolute atomic E-state index is 0.263. The molecule has 0 saturated carbocycles. The number of ether oxygens (including phenoxy) is 1. The van der Waals surface area contributed by atoms with E-state index in [0.717, 1.165) is 42.6 Å². The summed E-state index contributed by atoms with van der Waals surface area (Å²) < 4.78 is 10.8. The van der Waals surface area contributed by atoms with Gasteiger partial charge in [-0.2, -0.15) is 0 Å². The van der Waals surface area contributed by atoms with Crippen LogP contribution < -0.4 is 10.1 Å². The molecular weight excluding hydrogens is 508 g/mol. The van der Waals surface area contributed by atoms with Crippen LogP contribution in [0.1, 0.15) is 56.2 Å². The Labute approximate surface area is 214 Å². The second kappa shape index (κ2) is 11.5. The zero-order valence-electron chi connectivity index (χ0n) is 19.9. The fraction of sp³-hybridized carbons (Fsp3) is 0.286. The van der Waals surface area contributed by atoms with Gasteiger partial charge in [-0.25, -0.2) is 4.79 Å². The zero-order valence-corrected chi connectivity index (χ0v) is 21.5. The minimum atomic E-state index is -0.582. The van der Waals surface area contributed by atoms with Crippen LogP contribution >= 0.6 is 16.3 Å². The van der Waals surface area contributed by atoms with Crippen molar-refractivity contribution in [2.24, 2.45) is 0 Å². The van der Waals surface area contributed by atoms with E-state index in [1.165, 1.54) is 0 Å². The van der Waals surface area contributed by atoms with Crippen LogP contribution in [0.25, 0.3) is 0 Å². The molecule has 1 aliphatic rings. The monoisotopic (exact) mass is 536 g/mol. The van der Waals surface area contributed by atoms with Gasteiger partial charge in [-0.15, -0.1) is 0 Å². The van der Waals surface area contributed by atoms with E-state index < -0.39 is 5.97 Å². The van der Waals surface area contributed by atoms with Crippen molar-refractivity contribution in [3.05, 3.63) is 94.5 Å². The highest BCUT2D eigenvalue weighted by Gasteiger charge is 2.23. The Morgan fingerprint density at radius 3 is 2.46 bits per heavy atom.